The summed E-state index contributed by atoms with van der Waals surface area (Å²) in [7, 11) is 3.89. The Kier molecular flexibility index (Phi) is 3.42. The second-order valence-electron chi connectivity index (χ2n) is 4.60. The standard InChI is InChI=1S/C11H22N2O/c1-12-7-9-3-4-11(9)13-6-5-10(8-13)14-2/h9-12H,3-8H2,1-2H3. The largest absolute Gasteiger partial charge is 0.380 e. The minimum atomic E-state index is 0.492. The van der Waals surface area contributed by atoms with Crippen LogP contribution in [0.2, 0.25) is 0 Å². The van der Waals surface area contributed by atoms with Gasteiger partial charge in [0.25, 0.3) is 0 Å². The highest BCUT2D eigenvalue weighted by atomic mass is 16.5. The maximum Gasteiger partial charge on any atom is 0.0710 e. The van der Waals surface area contributed by atoms with Gasteiger partial charge in [-0.2, -0.15) is 0 Å². The van der Waals surface area contributed by atoms with Crippen molar-refractivity contribution in [2.75, 3.05) is 33.8 Å². The third kappa shape index (κ3) is 1.95. The molecule has 0 amide bonds. The lowest BCUT2D eigenvalue weighted by atomic mass is 9.78. The molecule has 0 spiro atoms. The van der Waals surface area contributed by atoms with E-state index in [-0.39, 0.29) is 0 Å². The number of ether oxygens (including phenoxy) is 1. The molecule has 3 atom stereocenters. The van der Waals surface area contributed by atoms with Crippen molar-refractivity contribution < 1.29 is 4.74 Å². The van der Waals surface area contributed by atoms with Crippen molar-refractivity contribution in [2.24, 2.45) is 5.92 Å². The van der Waals surface area contributed by atoms with Gasteiger partial charge in [-0.3, -0.25) is 4.90 Å². The molecule has 1 heterocycles. The summed E-state index contributed by atoms with van der Waals surface area (Å²) in [6, 6.07) is 0.836. The smallest absolute Gasteiger partial charge is 0.0710 e. The summed E-state index contributed by atoms with van der Waals surface area (Å²) >= 11 is 0. The van der Waals surface area contributed by atoms with E-state index in [4.69, 9.17) is 4.74 Å². The van der Waals surface area contributed by atoms with E-state index in [0.29, 0.717) is 6.10 Å². The third-order valence-electron chi connectivity index (χ3n) is 3.82. The number of hydrogen-bond donors (Lipinski definition) is 1. The maximum absolute atomic E-state index is 5.40. The third-order valence-corrected chi connectivity index (χ3v) is 3.82. The van der Waals surface area contributed by atoms with Gasteiger partial charge in [0.05, 0.1) is 6.10 Å². The van der Waals surface area contributed by atoms with Gasteiger partial charge in [0.1, 0.15) is 0 Å². The predicted molar refractivity (Wildman–Crippen MR) is 57.4 cm³/mol. The molecule has 0 aromatic carbocycles. The summed E-state index contributed by atoms with van der Waals surface area (Å²) in [6.45, 7) is 3.57. The molecule has 82 valence electrons. The first kappa shape index (κ1) is 10.4. The second-order valence-corrected chi connectivity index (χ2v) is 4.60. The molecule has 0 aromatic heterocycles. The van der Waals surface area contributed by atoms with Crippen molar-refractivity contribution in [1.82, 2.24) is 10.2 Å². The molecule has 3 unspecified atom stereocenters. The molecule has 2 fully saturated rings. The first-order valence-electron chi connectivity index (χ1n) is 5.76. The van der Waals surface area contributed by atoms with Crippen LogP contribution in [0.4, 0.5) is 0 Å². The van der Waals surface area contributed by atoms with Crippen LogP contribution in [0.3, 0.4) is 0 Å². The van der Waals surface area contributed by atoms with Crippen LogP contribution in [0.25, 0.3) is 0 Å². The van der Waals surface area contributed by atoms with Gasteiger partial charge in [-0.25, -0.2) is 0 Å². The highest BCUT2D eigenvalue weighted by molar-refractivity contribution is 4.93. The van der Waals surface area contributed by atoms with Crippen LogP contribution in [0.1, 0.15) is 19.3 Å². The Bertz CT molecular complexity index is 186. The summed E-state index contributed by atoms with van der Waals surface area (Å²) in [6.07, 6.45) is 4.51. The Morgan fingerprint density at radius 2 is 2.21 bits per heavy atom. The van der Waals surface area contributed by atoms with E-state index in [2.05, 4.69) is 17.3 Å². The molecule has 2 aliphatic rings. The van der Waals surface area contributed by atoms with Crippen LogP contribution >= 0.6 is 0 Å². The van der Waals surface area contributed by atoms with E-state index in [1.54, 1.807) is 0 Å². The molecule has 1 aliphatic carbocycles. The van der Waals surface area contributed by atoms with Crippen LogP contribution in [0.15, 0.2) is 0 Å². The number of rotatable bonds is 4. The van der Waals surface area contributed by atoms with Crippen molar-refractivity contribution in [3.8, 4) is 0 Å². The topological polar surface area (TPSA) is 24.5 Å². The van der Waals surface area contributed by atoms with Gasteiger partial charge in [0.2, 0.25) is 0 Å². The van der Waals surface area contributed by atoms with Crippen molar-refractivity contribution in [3.05, 3.63) is 0 Å². The molecule has 0 aromatic rings. The lowest BCUT2D eigenvalue weighted by Gasteiger charge is -2.42. The van der Waals surface area contributed by atoms with Gasteiger partial charge in [0, 0.05) is 26.2 Å². The lowest BCUT2D eigenvalue weighted by Crippen LogP contribution is -2.49. The van der Waals surface area contributed by atoms with Crippen molar-refractivity contribution in [2.45, 2.75) is 31.4 Å². The molecule has 14 heavy (non-hydrogen) atoms. The van der Waals surface area contributed by atoms with Crippen LogP contribution in [0, 0.1) is 5.92 Å². The fourth-order valence-corrected chi connectivity index (χ4v) is 2.78. The fraction of sp³-hybridized carbons (Fsp3) is 1.00. The van der Waals surface area contributed by atoms with Gasteiger partial charge in [0.15, 0.2) is 0 Å². The molecule has 1 saturated carbocycles. The summed E-state index contributed by atoms with van der Waals surface area (Å²) in [5.41, 5.74) is 0. The van der Waals surface area contributed by atoms with E-state index in [0.717, 1.165) is 18.5 Å². The minimum Gasteiger partial charge on any atom is -0.380 e. The highest BCUT2D eigenvalue weighted by Gasteiger charge is 2.38. The van der Waals surface area contributed by atoms with E-state index in [1.807, 2.05) is 7.11 Å². The molecule has 3 heteroatoms. The fourth-order valence-electron chi connectivity index (χ4n) is 2.78. The van der Waals surface area contributed by atoms with Gasteiger partial charge < -0.3 is 10.1 Å². The molecule has 3 nitrogen and oxygen atoms in total. The summed E-state index contributed by atoms with van der Waals surface area (Å²) in [4.78, 5) is 2.62. The van der Waals surface area contributed by atoms with E-state index in [9.17, 15) is 0 Å². The zero-order valence-corrected chi connectivity index (χ0v) is 9.33. The Hall–Kier alpha value is -0.120. The number of nitrogens with zero attached hydrogens (tertiary/aromatic N) is 1. The Morgan fingerprint density at radius 1 is 1.36 bits per heavy atom. The Labute approximate surface area is 86.8 Å². The van der Waals surface area contributed by atoms with Crippen molar-refractivity contribution in [1.29, 1.82) is 0 Å². The molecule has 0 bridgehead atoms. The van der Waals surface area contributed by atoms with Crippen LogP contribution in [0.5, 0.6) is 0 Å². The van der Waals surface area contributed by atoms with E-state index < -0.39 is 0 Å². The number of nitrogens with one attached hydrogen (secondary N) is 1. The monoisotopic (exact) mass is 198 g/mol. The van der Waals surface area contributed by atoms with Gasteiger partial charge in [-0.1, -0.05) is 0 Å². The summed E-state index contributed by atoms with van der Waals surface area (Å²) in [5.74, 6) is 0.885. The van der Waals surface area contributed by atoms with Gasteiger partial charge >= 0.3 is 0 Å². The first-order valence-corrected chi connectivity index (χ1v) is 5.76. The zero-order chi connectivity index (χ0) is 9.97. The van der Waals surface area contributed by atoms with Gasteiger partial charge in [-0.05, 0) is 38.8 Å². The average molecular weight is 198 g/mol. The molecule has 1 N–H and O–H groups in total. The molecular formula is C11H22N2O. The second kappa shape index (κ2) is 4.60. The molecule has 2 rings (SSSR count). The molecule has 0 radical (unpaired) electrons. The lowest BCUT2D eigenvalue weighted by molar-refractivity contribution is 0.0564. The molecule has 1 aliphatic heterocycles. The maximum atomic E-state index is 5.40. The van der Waals surface area contributed by atoms with Crippen molar-refractivity contribution >= 4 is 0 Å². The van der Waals surface area contributed by atoms with Crippen LogP contribution < -0.4 is 5.32 Å². The summed E-state index contributed by atoms with van der Waals surface area (Å²) in [5, 5.41) is 3.29. The quantitative estimate of drug-likeness (QED) is 0.720. The zero-order valence-electron chi connectivity index (χ0n) is 9.33. The van der Waals surface area contributed by atoms with E-state index >= 15 is 0 Å². The molecular weight excluding hydrogens is 176 g/mol. The summed E-state index contributed by atoms with van der Waals surface area (Å²) < 4.78 is 5.40. The minimum absolute atomic E-state index is 0.492. The number of methoxy groups -OCH3 is 1. The normalized spacial score (nSPS) is 38.6. The number of hydrogen-bond acceptors (Lipinski definition) is 3. The SMILES string of the molecule is CNCC1CCC1N1CCC(OC)C1. The average Bonchev–Trinajstić information content (AvgIpc) is 2.61. The van der Waals surface area contributed by atoms with Crippen LogP contribution in [-0.4, -0.2) is 50.8 Å². The first-order chi connectivity index (χ1) is 6.85. The van der Waals surface area contributed by atoms with E-state index in [1.165, 1.54) is 32.4 Å². The highest BCUT2D eigenvalue weighted by Crippen LogP contribution is 2.33. The Balaban J connectivity index is 1.79. The Morgan fingerprint density at radius 3 is 2.71 bits per heavy atom. The predicted octanol–water partition coefficient (Wildman–Crippen LogP) is 0.705. The van der Waals surface area contributed by atoms with Crippen LogP contribution in [-0.2, 0) is 4.74 Å². The number of likely N-dealkylation sites (tertiary alicyclic amines) is 1. The van der Waals surface area contributed by atoms with Crippen molar-refractivity contribution in [3.63, 3.8) is 0 Å². The molecule has 1 saturated heterocycles. The van der Waals surface area contributed by atoms with Gasteiger partial charge in [-0.15, -0.1) is 0 Å².